The molecule has 0 spiro atoms. The van der Waals surface area contributed by atoms with E-state index in [0.717, 1.165) is 11.1 Å². The zero-order valence-electron chi connectivity index (χ0n) is 18.3. The summed E-state index contributed by atoms with van der Waals surface area (Å²) in [5.74, 6) is -3.47. The zero-order valence-corrected chi connectivity index (χ0v) is 18.3. The van der Waals surface area contributed by atoms with E-state index < -0.39 is 42.5 Å². The maximum Gasteiger partial charge on any atom is 0.417 e. The van der Waals surface area contributed by atoms with Crippen molar-refractivity contribution in [3.63, 3.8) is 0 Å². The van der Waals surface area contributed by atoms with Crippen LogP contribution in [0.3, 0.4) is 0 Å². The molecule has 0 heterocycles. The van der Waals surface area contributed by atoms with Crippen molar-refractivity contribution in [1.29, 1.82) is 0 Å². The molecule has 2 rings (SSSR count). The number of hydrogen-bond acceptors (Lipinski definition) is 4. The number of likely N-dealkylation sites (N-methyl/N-ethyl adjacent to an activating group) is 1. The van der Waals surface area contributed by atoms with Crippen LogP contribution in [-0.4, -0.2) is 56.1 Å². The van der Waals surface area contributed by atoms with E-state index in [0.29, 0.717) is 0 Å². The summed E-state index contributed by atoms with van der Waals surface area (Å²) in [7, 11) is 1.52. The van der Waals surface area contributed by atoms with Gasteiger partial charge in [-0.3, -0.25) is 14.4 Å². The van der Waals surface area contributed by atoms with Crippen LogP contribution in [0.5, 0.6) is 0 Å². The van der Waals surface area contributed by atoms with Crippen molar-refractivity contribution in [2.75, 3.05) is 20.1 Å². The van der Waals surface area contributed by atoms with Crippen LogP contribution < -0.4 is 21.3 Å². The van der Waals surface area contributed by atoms with E-state index in [-0.39, 0.29) is 12.5 Å². The van der Waals surface area contributed by atoms with Gasteiger partial charge in [-0.15, -0.1) is 0 Å². The third-order valence-electron chi connectivity index (χ3n) is 5.03. The number of benzene rings is 2. The molecule has 0 radical (unpaired) electrons. The molecule has 0 aliphatic heterocycles. The largest absolute Gasteiger partial charge is 0.417 e. The predicted molar refractivity (Wildman–Crippen MR) is 117 cm³/mol. The highest BCUT2D eigenvalue weighted by Crippen LogP contribution is 2.25. The van der Waals surface area contributed by atoms with Crippen molar-refractivity contribution in [2.24, 2.45) is 0 Å². The summed E-state index contributed by atoms with van der Waals surface area (Å²) in [4.78, 5) is 36.1. The van der Waals surface area contributed by atoms with Gasteiger partial charge in [0.25, 0.3) is 5.91 Å². The van der Waals surface area contributed by atoms with Crippen LogP contribution in [0.25, 0.3) is 0 Å². The normalized spacial score (nSPS) is 13.2. The second-order valence-corrected chi connectivity index (χ2v) is 7.39. The van der Waals surface area contributed by atoms with Gasteiger partial charge in [-0.1, -0.05) is 60.7 Å². The maximum atomic E-state index is 13.5. The molecule has 0 saturated carbocycles. The van der Waals surface area contributed by atoms with Gasteiger partial charge in [0.2, 0.25) is 17.9 Å². The lowest BCUT2D eigenvalue weighted by atomic mass is 9.91. The first kappa shape index (κ1) is 25.9. The Hall–Kier alpha value is -3.40. The van der Waals surface area contributed by atoms with Gasteiger partial charge >= 0.3 is 6.18 Å². The summed E-state index contributed by atoms with van der Waals surface area (Å²) in [6.07, 6.45) is -5.02. The van der Waals surface area contributed by atoms with Crippen molar-refractivity contribution in [1.82, 2.24) is 21.3 Å². The Morgan fingerprint density at radius 1 is 0.848 bits per heavy atom. The van der Waals surface area contributed by atoms with Crippen LogP contribution in [0, 0.1) is 0 Å². The molecule has 178 valence electrons. The van der Waals surface area contributed by atoms with E-state index in [1.54, 1.807) is 29.6 Å². The van der Waals surface area contributed by atoms with E-state index in [1.807, 2.05) is 36.4 Å². The minimum absolute atomic E-state index is 0.105. The van der Waals surface area contributed by atoms with E-state index in [1.165, 1.54) is 14.0 Å². The number of carbonyl (C=O) groups excluding carboxylic acids is 3. The van der Waals surface area contributed by atoms with Crippen LogP contribution in [0.4, 0.5) is 13.2 Å². The molecule has 0 saturated heterocycles. The summed E-state index contributed by atoms with van der Waals surface area (Å²) in [5, 5.41) is 8.82. The number of hydrogen-bond donors (Lipinski definition) is 4. The monoisotopic (exact) mass is 464 g/mol. The fraction of sp³-hybridized carbons (Fsp3) is 0.348. The molecular weight excluding hydrogens is 437 g/mol. The first-order chi connectivity index (χ1) is 15.6. The van der Waals surface area contributed by atoms with Crippen molar-refractivity contribution in [2.45, 2.75) is 31.1 Å². The van der Waals surface area contributed by atoms with Crippen molar-refractivity contribution >= 4 is 17.7 Å². The number of nitrogens with one attached hydrogen (secondary N) is 4. The molecule has 4 N–H and O–H groups in total. The lowest BCUT2D eigenvalue weighted by Gasteiger charge is -2.24. The smallest absolute Gasteiger partial charge is 0.353 e. The van der Waals surface area contributed by atoms with Crippen molar-refractivity contribution in [3.8, 4) is 0 Å². The first-order valence-corrected chi connectivity index (χ1v) is 10.3. The van der Waals surface area contributed by atoms with Gasteiger partial charge in [0.1, 0.15) is 0 Å². The molecule has 0 fully saturated rings. The second kappa shape index (κ2) is 12.0. The zero-order chi connectivity index (χ0) is 24.4. The maximum absolute atomic E-state index is 13.5. The third kappa shape index (κ3) is 7.90. The molecule has 0 bridgehead atoms. The molecule has 0 aliphatic carbocycles. The predicted octanol–water partition coefficient (Wildman–Crippen LogP) is 1.71. The van der Waals surface area contributed by atoms with E-state index >= 15 is 0 Å². The second-order valence-electron chi connectivity index (χ2n) is 7.39. The first-order valence-electron chi connectivity index (χ1n) is 10.3. The van der Waals surface area contributed by atoms with Gasteiger partial charge in [-0.05, 0) is 25.1 Å². The summed E-state index contributed by atoms with van der Waals surface area (Å²) in [6, 6.07) is 14.7. The molecule has 0 aliphatic rings. The summed E-state index contributed by atoms with van der Waals surface area (Å²) >= 11 is 0. The Morgan fingerprint density at radius 2 is 1.36 bits per heavy atom. The Balaban J connectivity index is 2.07. The van der Waals surface area contributed by atoms with Gasteiger partial charge < -0.3 is 21.3 Å². The fourth-order valence-corrected chi connectivity index (χ4v) is 3.06. The molecule has 3 amide bonds. The van der Waals surface area contributed by atoms with Crippen LogP contribution in [-0.2, 0) is 14.4 Å². The number of rotatable bonds is 10. The van der Waals surface area contributed by atoms with Crippen LogP contribution in [0.15, 0.2) is 60.7 Å². The van der Waals surface area contributed by atoms with Gasteiger partial charge in [-0.2, -0.15) is 13.2 Å². The van der Waals surface area contributed by atoms with Crippen LogP contribution in [0.1, 0.15) is 24.0 Å². The Morgan fingerprint density at radius 3 is 1.82 bits per heavy atom. The van der Waals surface area contributed by atoms with Crippen LogP contribution in [0.2, 0.25) is 0 Å². The molecule has 2 unspecified atom stereocenters. The average Bonchev–Trinajstić information content (AvgIpc) is 2.81. The highest BCUT2D eigenvalue weighted by molar-refractivity contribution is 5.91. The molecule has 0 aromatic heterocycles. The summed E-state index contributed by atoms with van der Waals surface area (Å²) < 4.78 is 40.5. The number of carbonyl (C=O) groups is 3. The minimum Gasteiger partial charge on any atom is -0.353 e. The molecule has 2 atom stereocenters. The molecule has 33 heavy (non-hydrogen) atoms. The summed E-state index contributed by atoms with van der Waals surface area (Å²) in [6.45, 7) is 0.724. The molecule has 10 heteroatoms. The molecular formula is C23H27F3N4O3. The van der Waals surface area contributed by atoms with Gasteiger partial charge in [0.15, 0.2) is 0 Å². The average molecular weight is 464 g/mol. The Labute approximate surface area is 190 Å². The molecule has 2 aromatic rings. The van der Waals surface area contributed by atoms with E-state index in [4.69, 9.17) is 0 Å². The standard InChI is InChI=1S/C23H27F3N4O3/c1-15(27-2)21(32)29-14-19(31)30-20(23(24,25)26)22(33)28-13-18(16-9-5-3-6-10-16)17-11-7-4-8-12-17/h3-12,15,18,20,27H,13-14H2,1-2H3,(H,28,33)(H,29,32)(H,30,31). The highest BCUT2D eigenvalue weighted by Gasteiger charge is 2.46. The van der Waals surface area contributed by atoms with Gasteiger partial charge in [0, 0.05) is 12.5 Å². The Kier molecular flexibility index (Phi) is 9.41. The third-order valence-corrected chi connectivity index (χ3v) is 5.03. The lowest BCUT2D eigenvalue weighted by molar-refractivity contribution is -0.171. The molecule has 2 aromatic carbocycles. The quantitative estimate of drug-likeness (QED) is 0.430. The molecule has 7 nitrogen and oxygen atoms in total. The van der Waals surface area contributed by atoms with Crippen molar-refractivity contribution in [3.05, 3.63) is 71.8 Å². The van der Waals surface area contributed by atoms with E-state index in [2.05, 4.69) is 16.0 Å². The highest BCUT2D eigenvalue weighted by atomic mass is 19.4. The van der Waals surface area contributed by atoms with Crippen molar-refractivity contribution < 1.29 is 27.6 Å². The lowest BCUT2D eigenvalue weighted by Crippen LogP contribution is -2.57. The number of halogens is 3. The Bertz CT molecular complexity index is 884. The van der Waals surface area contributed by atoms with Gasteiger partial charge in [0.05, 0.1) is 12.6 Å². The van der Waals surface area contributed by atoms with Crippen LogP contribution >= 0.6 is 0 Å². The SMILES string of the molecule is CNC(C)C(=O)NCC(=O)NC(C(=O)NCC(c1ccccc1)c1ccccc1)C(F)(F)F. The van der Waals surface area contributed by atoms with Gasteiger partial charge in [-0.25, -0.2) is 0 Å². The topological polar surface area (TPSA) is 99.3 Å². The number of alkyl halides is 3. The summed E-state index contributed by atoms with van der Waals surface area (Å²) in [5.41, 5.74) is 1.64. The van der Waals surface area contributed by atoms with E-state index in [9.17, 15) is 27.6 Å². The fourth-order valence-electron chi connectivity index (χ4n) is 3.06. The minimum atomic E-state index is -5.02. The number of amides is 3.